The zero-order chi connectivity index (χ0) is 20.9. The van der Waals surface area contributed by atoms with Crippen molar-refractivity contribution in [2.75, 3.05) is 20.2 Å². The smallest absolute Gasteiger partial charge is 0.251 e. The van der Waals surface area contributed by atoms with Crippen LogP contribution in [0.5, 0.6) is 0 Å². The summed E-state index contributed by atoms with van der Waals surface area (Å²) in [5.41, 5.74) is 1.79. The van der Waals surface area contributed by atoms with Gasteiger partial charge in [-0.1, -0.05) is 38.3 Å². The normalized spacial score (nSPS) is 15.8. The van der Waals surface area contributed by atoms with Crippen LogP contribution in [0.25, 0.3) is 0 Å². The van der Waals surface area contributed by atoms with Gasteiger partial charge in [0.2, 0.25) is 0 Å². The molecule has 1 aliphatic carbocycles. The number of hydrogen-bond donors (Lipinski definition) is 3. The van der Waals surface area contributed by atoms with Crippen LogP contribution in [0, 0.1) is 0 Å². The van der Waals surface area contributed by atoms with Gasteiger partial charge in [0, 0.05) is 38.3 Å². The van der Waals surface area contributed by atoms with Crippen LogP contribution in [0.4, 0.5) is 0 Å². The largest absolute Gasteiger partial charge is 0.378 e. The van der Waals surface area contributed by atoms with Crippen molar-refractivity contribution < 1.29 is 9.53 Å². The van der Waals surface area contributed by atoms with Crippen LogP contribution in [0.3, 0.4) is 0 Å². The number of aliphatic imine (C=N–C) groups is 1. The molecule has 7 heteroatoms. The Bertz CT molecular complexity index is 631. The van der Waals surface area contributed by atoms with Gasteiger partial charge >= 0.3 is 0 Å². The number of nitrogens with zero attached hydrogens (tertiary/aromatic N) is 1. The maximum Gasteiger partial charge on any atom is 0.251 e. The van der Waals surface area contributed by atoms with E-state index in [9.17, 15) is 4.79 Å². The third-order valence-electron chi connectivity index (χ3n) is 5.41. The predicted molar refractivity (Wildman–Crippen MR) is 135 cm³/mol. The standard InChI is InChI=1S/C23H38N4O2.HI/c1-4-18(2)27-22(28)20-13-11-19(12-14-20)17-26-23(24-3)25-15-8-16-29-21-9-6-5-7-10-21;/h11-14,18,21H,4-10,15-17H2,1-3H3,(H,27,28)(H2,24,25,26);1H. The molecule has 0 aliphatic heterocycles. The van der Waals surface area contributed by atoms with Crippen LogP contribution in [0.2, 0.25) is 0 Å². The summed E-state index contributed by atoms with van der Waals surface area (Å²) in [6, 6.07) is 7.88. The number of hydrogen-bond acceptors (Lipinski definition) is 3. The summed E-state index contributed by atoms with van der Waals surface area (Å²) >= 11 is 0. The van der Waals surface area contributed by atoms with Crippen LogP contribution < -0.4 is 16.0 Å². The third-order valence-corrected chi connectivity index (χ3v) is 5.41. The topological polar surface area (TPSA) is 74.8 Å². The van der Waals surface area contributed by atoms with Crippen molar-refractivity contribution in [3.63, 3.8) is 0 Å². The second kappa shape index (κ2) is 15.5. The second-order valence-corrected chi connectivity index (χ2v) is 7.82. The molecule has 0 radical (unpaired) electrons. The molecule has 1 fully saturated rings. The first kappa shape index (κ1) is 26.7. The third kappa shape index (κ3) is 10.1. The van der Waals surface area contributed by atoms with Crippen molar-refractivity contribution in [2.24, 2.45) is 4.99 Å². The fourth-order valence-electron chi connectivity index (χ4n) is 3.35. The van der Waals surface area contributed by atoms with E-state index in [0.717, 1.165) is 37.5 Å². The Morgan fingerprint density at radius 3 is 2.50 bits per heavy atom. The summed E-state index contributed by atoms with van der Waals surface area (Å²) in [6.45, 7) is 6.36. The lowest BCUT2D eigenvalue weighted by Crippen LogP contribution is -2.37. The highest BCUT2D eigenvalue weighted by Crippen LogP contribution is 2.20. The van der Waals surface area contributed by atoms with Gasteiger partial charge in [0.05, 0.1) is 6.10 Å². The van der Waals surface area contributed by atoms with E-state index in [0.29, 0.717) is 18.2 Å². The van der Waals surface area contributed by atoms with Crippen molar-refractivity contribution >= 4 is 35.8 Å². The lowest BCUT2D eigenvalue weighted by molar-refractivity contribution is 0.0277. The molecule has 1 saturated carbocycles. The van der Waals surface area contributed by atoms with E-state index in [-0.39, 0.29) is 35.9 Å². The molecule has 6 nitrogen and oxygen atoms in total. The Morgan fingerprint density at radius 1 is 1.17 bits per heavy atom. The monoisotopic (exact) mass is 530 g/mol. The molecule has 1 aromatic rings. The average Bonchev–Trinajstić information content (AvgIpc) is 2.76. The van der Waals surface area contributed by atoms with E-state index in [1.807, 2.05) is 31.2 Å². The van der Waals surface area contributed by atoms with Crippen molar-refractivity contribution in [2.45, 2.75) is 77.5 Å². The molecular weight excluding hydrogens is 491 g/mol. The summed E-state index contributed by atoms with van der Waals surface area (Å²) in [6.07, 6.45) is 8.77. The number of guanidine groups is 1. The first-order valence-electron chi connectivity index (χ1n) is 11.1. The molecule has 2 rings (SSSR count). The van der Waals surface area contributed by atoms with Gasteiger partial charge in [0.1, 0.15) is 0 Å². The quantitative estimate of drug-likeness (QED) is 0.183. The van der Waals surface area contributed by atoms with Crippen molar-refractivity contribution in [1.82, 2.24) is 16.0 Å². The van der Waals surface area contributed by atoms with Gasteiger partial charge in [0.15, 0.2) is 5.96 Å². The van der Waals surface area contributed by atoms with Gasteiger partial charge < -0.3 is 20.7 Å². The van der Waals surface area contributed by atoms with E-state index >= 15 is 0 Å². The van der Waals surface area contributed by atoms with Crippen molar-refractivity contribution in [1.29, 1.82) is 0 Å². The molecule has 0 heterocycles. The summed E-state index contributed by atoms with van der Waals surface area (Å²) in [5, 5.41) is 9.63. The number of amides is 1. The van der Waals surface area contributed by atoms with E-state index in [4.69, 9.17) is 4.74 Å². The molecule has 0 aromatic heterocycles. The Balaban J connectivity index is 0.00000450. The minimum atomic E-state index is -0.0215. The van der Waals surface area contributed by atoms with Gasteiger partial charge in [-0.15, -0.1) is 24.0 Å². The molecule has 1 aromatic carbocycles. The molecule has 0 spiro atoms. The highest BCUT2D eigenvalue weighted by Gasteiger charge is 2.13. The number of carbonyl (C=O) groups is 1. The first-order valence-corrected chi connectivity index (χ1v) is 11.1. The molecule has 1 atom stereocenters. The zero-order valence-corrected chi connectivity index (χ0v) is 21.0. The lowest BCUT2D eigenvalue weighted by Gasteiger charge is -2.22. The second-order valence-electron chi connectivity index (χ2n) is 7.82. The van der Waals surface area contributed by atoms with Gasteiger partial charge in [-0.3, -0.25) is 9.79 Å². The lowest BCUT2D eigenvalue weighted by atomic mass is 9.98. The number of benzene rings is 1. The van der Waals surface area contributed by atoms with E-state index in [2.05, 4.69) is 27.9 Å². The minimum Gasteiger partial charge on any atom is -0.378 e. The van der Waals surface area contributed by atoms with Crippen LogP contribution in [-0.2, 0) is 11.3 Å². The zero-order valence-electron chi connectivity index (χ0n) is 18.7. The number of carbonyl (C=O) groups excluding carboxylic acids is 1. The predicted octanol–water partition coefficient (Wildman–Crippen LogP) is 4.24. The molecule has 1 aliphatic rings. The molecular formula is C23H39IN4O2. The van der Waals surface area contributed by atoms with Crippen LogP contribution in [0.15, 0.2) is 29.3 Å². The van der Waals surface area contributed by atoms with Gasteiger partial charge in [-0.25, -0.2) is 0 Å². The number of ether oxygens (including phenoxy) is 1. The molecule has 1 amide bonds. The van der Waals surface area contributed by atoms with Gasteiger partial charge in [0.25, 0.3) is 5.91 Å². The number of rotatable bonds is 10. The summed E-state index contributed by atoms with van der Waals surface area (Å²) < 4.78 is 5.96. The van der Waals surface area contributed by atoms with Gasteiger partial charge in [-0.05, 0) is 50.3 Å². The molecule has 30 heavy (non-hydrogen) atoms. The van der Waals surface area contributed by atoms with Crippen LogP contribution in [-0.4, -0.2) is 44.2 Å². The molecule has 170 valence electrons. The van der Waals surface area contributed by atoms with Crippen molar-refractivity contribution in [3.05, 3.63) is 35.4 Å². The molecule has 0 bridgehead atoms. The van der Waals surface area contributed by atoms with Gasteiger partial charge in [-0.2, -0.15) is 0 Å². The van der Waals surface area contributed by atoms with E-state index in [1.54, 1.807) is 7.05 Å². The SMILES string of the molecule is CCC(C)NC(=O)c1ccc(CNC(=NC)NCCCOC2CCCCC2)cc1.I. The fourth-order valence-corrected chi connectivity index (χ4v) is 3.35. The number of halogens is 1. The highest BCUT2D eigenvalue weighted by molar-refractivity contribution is 14.0. The Hall–Kier alpha value is -1.35. The number of nitrogens with one attached hydrogen (secondary N) is 3. The molecule has 3 N–H and O–H groups in total. The highest BCUT2D eigenvalue weighted by atomic mass is 127. The minimum absolute atomic E-state index is 0. The maximum atomic E-state index is 12.1. The van der Waals surface area contributed by atoms with Crippen LogP contribution in [0.1, 0.15) is 74.7 Å². The molecule has 0 saturated heterocycles. The summed E-state index contributed by atoms with van der Waals surface area (Å²) in [5.74, 6) is 0.757. The maximum absolute atomic E-state index is 12.1. The summed E-state index contributed by atoms with van der Waals surface area (Å²) in [4.78, 5) is 16.4. The fraction of sp³-hybridized carbons (Fsp3) is 0.652. The Kier molecular flexibility index (Phi) is 13.7. The van der Waals surface area contributed by atoms with Crippen molar-refractivity contribution in [3.8, 4) is 0 Å². The first-order chi connectivity index (χ1) is 14.1. The van der Waals surface area contributed by atoms with E-state index < -0.39 is 0 Å². The Labute approximate surface area is 199 Å². The Morgan fingerprint density at radius 2 is 1.87 bits per heavy atom. The average molecular weight is 530 g/mol. The van der Waals surface area contributed by atoms with Crippen LogP contribution >= 0.6 is 24.0 Å². The van der Waals surface area contributed by atoms with E-state index in [1.165, 1.54) is 32.1 Å². The summed E-state index contributed by atoms with van der Waals surface area (Å²) in [7, 11) is 1.77. The molecule has 1 unspecified atom stereocenters.